The third kappa shape index (κ3) is 3.86. The summed E-state index contributed by atoms with van der Waals surface area (Å²) in [5, 5.41) is 11.3. The van der Waals surface area contributed by atoms with Crippen molar-refractivity contribution in [2.75, 3.05) is 5.32 Å². The Bertz CT molecular complexity index is 424. The van der Waals surface area contributed by atoms with E-state index in [1.54, 1.807) is 12.1 Å². The van der Waals surface area contributed by atoms with Crippen molar-refractivity contribution >= 4 is 17.6 Å². The van der Waals surface area contributed by atoms with Crippen molar-refractivity contribution in [3.63, 3.8) is 0 Å². The molecular weight excluding hydrogens is 220 g/mol. The van der Waals surface area contributed by atoms with Gasteiger partial charge in [-0.15, -0.1) is 0 Å². The largest absolute Gasteiger partial charge is 0.481 e. The average molecular weight is 234 g/mol. The number of rotatable bonds is 5. The number of aliphatic carboxylic acids is 1. The van der Waals surface area contributed by atoms with E-state index in [4.69, 9.17) is 5.11 Å². The van der Waals surface area contributed by atoms with Gasteiger partial charge in [-0.3, -0.25) is 14.6 Å². The lowest BCUT2D eigenvalue weighted by Gasteiger charge is -2.04. The van der Waals surface area contributed by atoms with Crippen LogP contribution in [-0.2, 0) is 16.0 Å². The lowest BCUT2D eigenvalue weighted by molar-refractivity contribution is -0.136. The third-order valence-corrected chi connectivity index (χ3v) is 2.61. The minimum absolute atomic E-state index is 0.000264. The van der Waals surface area contributed by atoms with E-state index < -0.39 is 5.97 Å². The number of carbonyl (C=O) groups excluding carboxylic acids is 1. The highest BCUT2D eigenvalue weighted by Crippen LogP contribution is 2.32. The fourth-order valence-electron chi connectivity index (χ4n) is 1.55. The second kappa shape index (κ2) is 4.95. The van der Waals surface area contributed by atoms with Gasteiger partial charge in [-0.05, 0) is 30.9 Å². The monoisotopic (exact) mass is 234 g/mol. The molecule has 0 spiro atoms. The van der Waals surface area contributed by atoms with E-state index in [-0.39, 0.29) is 12.3 Å². The zero-order valence-corrected chi connectivity index (χ0v) is 9.35. The minimum atomic E-state index is -0.914. The molecular formula is C12H14N2O3. The van der Waals surface area contributed by atoms with Crippen LogP contribution in [0.5, 0.6) is 0 Å². The number of hydrogen-bond acceptors (Lipinski definition) is 3. The van der Waals surface area contributed by atoms with E-state index >= 15 is 0 Å². The number of pyridine rings is 1. The van der Waals surface area contributed by atoms with Crippen molar-refractivity contribution in [2.24, 2.45) is 5.92 Å². The zero-order valence-electron chi connectivity index (χ0n) is 9.35. The Morgan fingerprint density at radius 1 is 1.41 bits per heavy atom. The van der Waals surface area contributed by atoms with Gasteiger partial charge >= 0.3 is 5.97 Å². The SMILES string of the molecule is O=C(O)Cc1ccc(NC(=O)CC2CC2)cn1. The standard InChI is InChI=1S/C12H14N2O3/c15-11(5-8-1-2-8)14-10-4-3-9(13-7-10)6-12(16)17/h3-4,7-8H,1-2,5-6H2,(H,14,15)(H,16,17). The average Bonchev–Trinajstić information content (AvgIpc) is 3.04. The summed E-state index contributed by atoms with van der Waals surface area (Å²) in [5.74, 6) is -0.363. The first-order valence-electron chi connectivity index (χ1n) is 5.60. The lowest BCUT2D eigenvalue weighted by atomic mass is 10.2. The Labute approximate surface area is 98.9 Å². The van der Waals surface area contributed by atoms with Crippen LogP contribution in [0.3, 0.4) is 0 Å². The molecule has 1 aromatic heterocycles. The van der Waals surface area contributed by atoms with E-state index in [0.29, 0.717) is 23.7 Å². The molecule has 17 heavy (non-hydrogen) atoms. The van der Waals surface area contributed by atoms with Crippen molar-refractivity contribution in [2.45, 2.75) is 25.7 Å². The summed E-state index contributed by atoms with van der Waals surface area (Å²) >= 11 is 0. The fourth-order valence-corrected chi connectivity index (χ4v) is 1.55. The van der Waals surface area contributed by atoms with E-state index in [1.165, 1.54) is 6.20 Å². The number of carboxylic acids is 1. The highest BCUT2D eigenvalue weighted by molar-refractivity contribution is 5.90. The molecule has 5 nitrogen and oxygen atoms in total. The molecule has 0 saturated heterocycles. The first-order chi connectivity index (χ1) is 8.13. The van der Waals surface area contributed by atoms with Crippen LogP contribution in [0, 0.1) is 5.92 Å². The predicted octanol–water partition coefficient (Wildman–Crippen LogP) is 1.45. The zero-order chi connectivity index (χ0) is 12.3. The lowest BCUT2D eigenvalue weighted by Crippen LogP contribution is -2.12. The van der Waals surface area contributed by atoms with Crippen LogP contribution in [0.15, 0.2) is 18.3 Å². The summed E-state index contributed by atoms with van der Waals surface area (Å²) in [5.41, 5.74) is 1.10. The number of nitrogens with one attached hydrogen (secondary N) is 1. The Morgan fingerprint density at radius 3 is 2.71 bits per heavy atom. The Morgan fingerprint density at radius 2 is 2.18 bits per heavy atom. The van der Waals surface area contributed by atoms with E-state index in [1.807, 2.05) is 0 Å². The number of carboxylic acid groups (broad SMARTS) is 1. The number of nitrogens with zero attached hydrogens (tertiary/aromatic N) is 1. The Balaban J connectivity index is 1.88. The molecule has 1 saturated carbocycles. The van der Waals surface area contributed by atoms with Gasteiger partial charge < -0.3 is 10.4 Å². The second-order valence-corrected chi connectivity index (χ2v) is 4.30. The number of amides is 1. The molecule has 1 aromatic rings. The molecule has 1 aliphatic carbocycles. The maximum atomic E-state index is 11.5. The van der Waals surface area contributed by atoms with Crippen LogP contribution >= 0.6 is 0 Å². The molecule has 0 radical (unpaired) electrons. The summed E-state index contributed by atoms with van der Waals surface area (Å²) < 4.78 is 0. The van der Waals surface area contributed by atoms with Gasteiger partial charge in [0.15, 0.2) is 0 Å². The second-order valence-electron chi connectivity index (χ2n) is 4.30. The molecule has 5 heteroatoms. The summed E-state index contributed by atoms with van der Waals surface area (Å²) in [6, 6.07) is 3.29. The number of hydrogen-bond donors (Lipinski definition) is 2. The molecule has 90 valence electrons. The maximum Gasteiger partial charge on any atom is 0.309 e. The van der Waals surface area contributed by atoms with Crippen LogP contribution < -0.4 is 5.32 Å². The highest BCUT2D eigenvalue weighted by atomic mass is 16.4. The molecule has 1 fully saturated rings. The molecule has 0 aliphatic heterocycles. The van der Waals surface area contributed by atoms with Gasteiger partial charge in [-0.25, -0.2) is 0 Å². The summed E-state index contributed by atoms with van der Waals surface area (Å²) in [6.45, 7) is 0. The van der Waals surface area contributed by atoms with Crippen molar-refractivity contribution in [1.29, 1.82) is 0 Å². The maximum absolute atomic E-state index is 11.5. The topological polar surface area (TPSA) is 79.3 Å². The van der Waals surface area contributed by atoms with Gasteiger partial charge in [0, 0.05) is 6.42 Å². The molecule has 2 N–H and O–H groups in total. The van der Waals surface area contributed by atoms with Gasteiger partial charge in [0.2, 0.25) is 5.91 Å². The predicted molar refractivity (Wildman–Crippen MR) is 61.5 cm³/mol. The smallest absolute Gasteiger partial charge is 0.309 e. The first kappa shape index (κ1) is 11.6. The third-order valence-electron chi connectivity index (χ3n) is 2.61. The van der Waals surface area contributed by atoms with E-state index in [2.05, 4.69) is 10.3 Å². The first-order valence-corrected chi connectivity index (χ1v) is 5.60. The summed E-state index contributed by atoms with van der Waals surface area (Å²) in [7, 11) is 0. The van der Waals surface area contributed by atoms with Gasteiger partial charge in [-0.2, -0.15) is 0 Å². The van der Waals surface area contributed by atoms with E-state index in [9.17, 15) is 9.59 Å². The molecule has 0 unspecified atom stereocenters. The van der Waals surface area contributed by atoms with Crippen molar-refractivity contribution < 1.29 is 14.7 Å². The normalized spacial score (nSPS) is 14.4. The van der Waals surface area contributed by atoms with Gasteiger partial charge in [0.1, 0.15) is 0 Å². The fraction of sp³-hybridized carbons (Fsp3) is 0.417. The van der Waals surface area contributed by atoms with Crippen molar-refractivity contribution in [1.82, 2.24) is 4.98 Å². The number of aromatic nitrogens is 1. The Hall–Kier alpha value is -1.91. The van der Waals surface area contributed by atoms with Crippen LogP contribution in [0.25, 0.3) is 0 Å². The van der Waals surface area contributed by atoms with Crippen molar-refractivity contribution in [3.8, 4) is 0 Å². The van der Waals surface area contributed by atoms with Gasteiger partial charge in [0.05, 0.1) is 24.0 Å². The quantitative estimate of drug-likeness (QED) is 0.808. The molecule has 2 rings (SSSR count). The number of anilines is 1. The molecule has 1 aliphatic rings. The Kier molecular flexibility index (Phi) is 3.37. The number of carbonyl (C=O) groups is 2. The summed E-state index contributed by atoms with van der Waals surface area (Å²) in [6.07, 6.45) is 4.24. The van der Waals surface area contributed by atoms with Crippen LogP contribution in [0.4, 0.5) is 5.69 Å². The minimum Gasteiger partial charge on any atom is -0.481 e. The highest BCUT2D eigenvalue weighted by Gasteiger charge is 2.24. The van der Waals surface area contributed by atoms with Crippen LogP contribution in [0.1, 0.15) is 25.0 Å². The molecule has 0 aromatic carbocycles. The molecule has 1 heterocycles. The van der Waals surface area contributed by atoms with Gasteiger partial charge in [0.25, 0.3) is 0 Å². The van der Waals surface area contributed by atoms with Gasteiger partial charge in [-0.1, -0.05) is 0 Å². The molecule has 0 atom stereocenters. The summed E-state index contributed by atoms with van der Waals surface area (Å²) in [4.78, 5) is 25.9. The van der Waals surface area contributed by atoms with Crippen LogP contribution in [0.2, 0.25) is 0 Å². The van der Waals surface area contributed by atoms with Crippen molar-refractivity contribution in [3.05, 3.63) is 24.0 Å². The molecule has 0 bridgehead atoms. The van der Waals surface area contributed by atoms with Crippen LogP contribution in [-0.4, -0.2) is 22.0 Å². The molecule has 1 amide bonds. The van der Waals surface area contributed by atoms with E-state index in [0.717, 1.165) is 12.8 Å².